The molecule has 0 radical (unpaired) electrons. The summed E-state index contributed by atoms with van der Waals surface area (Å²) < 4.78 is 13.3. The van der Waals surface area contributed by atoms with Crippen molar-refractivity contribution in [3.63, 3.8) is 0 Å². The van der Waals surface area contributed by atoms with Crippen molar-refractivity contribution in [2.45, 2.75) is 38.8 Å². The van der Waals surface area contributed by atoms with Crippen molar-refractivity contribution >= 4 is 23.3 Å². The van der Waals surface area contributed by atoms with Crippen LogP contribution in [-0.4, -0.2) is 41.1 Å². The van der Waals surface area contributed by atoms with E-state index in [1.165, 1.54) is 29.2 Å². The molecule has 4 unspecified atom stereocenters. The van der Waals surface area contributed by atoms with Crippen molar-refractivity contribution in [1.82, 2.24) is 4.90 Å². The lowest BCUT2D eigenvalue weighted by Crippen LogP contribution is -2.46. The zero-order valence-corrected chi connectivity index (χ0v) is 17.0. The number of fused-ring (bicyclic) bond motifs is 3. The molecule has 2 aromatic rings. The number of halogens is 1. The maximum Gasteiger partial charge on any atom is 0.239 e. The number of anilines is 1. The minimum atomic E-state index is -0.693. The summed E-state index contributed by atoms with van der Waals surface area (Å²) in [5.74, 6) is -2.33. The molecule has 0 aromatic heterocycles. The molecule has 3 aliphatic rings. The summed E-state index contributed by atoms with van der Waals surface area (Å²) in [7, 11) is 0. The summed E-state index contributed by atoms with van der Waals surface area (Å²) in [6.07, 6.45) is 1.69. The van der Waals surface area contributed by atoms with Gasteiger partial charge in [-0.25, -0.2) is 9.29 Å². The fraction of sp³-hybridized carbons (Fsp3) is 0.375. The molecule has 3 aliphatic heterocycles. The molecule has 3 saturated heterocycles. The largest absolute Gasteiger partial charge is 0.292 e. The molecular formula is C24H23FN2O3. The number of carbonyl (C=O) groups excluding carboxylic acids is 3. The number of aryl methyl sites for hydroxylation is 2. The predicted molar refractivity (Wildman–Crippen MR) is 110 cm³/mol. The summed E-state index contributed by atoms with van der Waals surface area (Å²) in [4.78, 5) is 43.7. The second-order valence-electron chi connectivity index (χ2n) is 8.62. The van der Waals surface area contributed by atoms with Gasteiger partial charge in [0.2, 0.25) is 11.8 Å². The second kappa shape index (κ2) is 6.84. The Hall–Kier alpha value is -2.86. The van der Waals surface area contributed by atoms with Crippen LogP contribution in [0.5, 0.6) is 0 Å². The van der Waals surface area contributed by atoms with Gasteiger partial charge in [0.05, 0.1) is 23.6 Å². The Kier molecular flexibility index (Phi) is 4.36. The number of imide groups is 1. The molecule has 5 rings (SSSR count). The number of rotatable bonds is 3. The average Bonchev–Trinajstić information content (AvgIpc) is 3.35. The summed E-state index contributed by atoms with van der Waals surface area (Å²) in [6, 6.07) is 10.3. The quantitative estimate of drug-likeness (QED) is 0.580. The van der Waals surface area contributed by atoms with Crippen molar-refractivity contribution < 1.29 is 18.8 Å². The van der Waals surface area contributed by atoms with E-state index in [2.05, 4.69) is 0 Å². The van der Waals surface area contributed by atoms with E-state index in [0.717, 1.165) is 24.0 Å². The number of Topliss-reactive ketones (excluding diaryl/α,β-unsaturated/α-hetero) is 1. The highest BCUT2D eigenvalue weighted by molar-refractivity contribution is 6.24. The number of nitrogens with zero attached hydrogens (tertiary/aromatic N) is 2. The number of carbonyl (C=O) groups is 3. The van der Waals surface area contributed by atoms with Crippen LogP contribution in [-0.2, 0) is 9.59 Å². The highest BCUT2D eigenvalue weighted by atomic mass is 19.1. The molecule has 3 fully saturated rings. The lowest BCUT2D eigenvalue weighted by atomic mass is 9.85. The van der Waals surface area contributed by atoms with E-state index < -0.39 is 23.7 Å². The molecule has 3 heterocycles. The topological polar surface area (TPSA) is 57.7 Å². The van der Waals surface area contributed by atoms with E-state index in [-0.39, 0.29) is 23.6 Å². The van der Waals surface area contributed by atoms with Crippen LogP contribution in [0.25, 0.3) is 0 Å². The van der Waals surface area contributed by atoms with Gasteiger partial charge in [-0.1, -0.05) is 17.7 Å². The van der Waals surface area contributed by atoms with Crippen LogP contribution < -0.4 is 4.90 Å². The molecule has 4 atom stereocenters. The highest BCUT2D eigenvalue weighted by Crippen LogP contribution is 2.48. The third-order valence-corrected chi connectivity index (χ3v) is 6.84. The van der Waals surface area contributed by atoms with Gasteiger partial charge in [0, 0.05) is 11.6 Å². The lowest BCUT2D eigenvalue weighted by Gasteiger charge is -2.28. The van der Waals surface area contributed by atoms with Gasteiger partial charge in [0.25, 0.3) is 0 Å². The summed E-state index contributed by atoms with van der Waals surface area (Å²) >= 11 is 0. The molecule has 0 spiro atoms. The Morgan fingerprint density at radius 3 is 2.40 bits per heavy atom. The Balaban J connectivity index is 1.56. The Labute approximate surface area is 174 Å². The Bertz CT molecular complexity index is 1060. The molecule has 0 bridgehead atoms. The molecule has 2 aromatic carbocycles. The second-order valence-corrected chi connectivity index (χ2v) is 8.62. The number of benzene rings is 2. The van der Waals surface area contributed by atoms with Gasteiger partial charge in [-0.3, -0.25) is 19.3 Å². The summed E-state index contributed by atoms with van der Waals surface area (Å²) in [5.41, 5.74) is 2.89. The van der Waals surface area contributed by atoms with E-state index in [1.807, 2.05) is 36.9 Å². The van der Waals surface area contributed by atoms with Crippen molar-refractivity contribution in [2.24, 2.45) is 11.8 Å². The van der Waals surface area contributed by atoms with Crippen LogP contribution in [0.15, 0.2) is 42.5 Å². The summed E-state index contributed by atoms with van der Waals surface area (Å²) in [6.45, 7) is 4.55. The fourth-order valence-electron chi connectivity index (χ4n) is 5.59. The lowest BCUT2D eigenvalue weighted by molar-refractivity contribution is -0.123. The molecular weight excluding hydrogens is 383 g/mol. The Morgan fingerprint density at radius 2 is 1.70 bits per heavy atom. The average molecular weight is 406 g/mol. The minimum absolute atomic E-state index is 0.100. The third-order valence-electron chi connectivity index (χ3n) is 6.84. The van der Waals surface area contributed by atoms with Crippen LogP contribution in [0.4, 0.5) is 10.1 Å². The number of hydrogen-bond acceptors (Lipinski definition) is 4. The van der Waals surface area contributed by atoms with Crippen LogP contribution >= 0.6 is 0 Å². The molecule has 0 saturated carbocycles. The van der Waals surface area contributed by atoms with E-state index in [1.54, 1.807) is 0 Å². The van der Waals surface area contributed by atoms with E-state index in [9.17, 15) is 18.8 Å². The van der Waals surface area contributed by atoms with Gasteiger partial charge >= 0.3 is 0 Å². The first-order chi connectivity index (χ1) is 14.4. The standard InChI is InChI=1S/C24H23FN2O3/c1-13-5-10-17(14(2)12-13)27-23(29)19-18-4-3-11-26(18)21(20(19)24(27)30)22(28)15-6-8-16(25)9-7-15/h5-10,12,18-21H,3-4,11H2,1-2H3. The highest BCUT2D eigenvalue weighted by Gasteiger charge is 2.64. The SMILES string of the molecule is Cc1ccc(N2C(=O)C3C(C2=O)C(C(=O)c2ccc(F)cc2)N2CCCC32)c(C)c1. The minimum Gasteiger partial charge on any atom is -0.292 e. The number of ketones is 1. The Morgan fingerprint density at radius 1 is 1.00 bits per heavy atom. The van der Waals surface area contributed by atoms with Gasteiger partial charge in [0.1, 0.15) is 5.82 Å². The van der Waals surface area contributed by atoms with Crippen molar-refractivity contribution in [3.8, 4) is 0 Å². The van der Waals surface area contributed by atoms with E-state index in [4.69, 9.17) is 0 Å². The van der Waals surface area contributed by atoms with Crippen molar-refractivity contribution in [2.75, 3.05) is 11.4 Å². The number of hydrogen-bond donors (Lipinski definition) is 0. The molecule has 5 nitrogen and oxygen atoms in total. The first-order valence-electron chi connectivity index (χ1n) is 10.4. The smallest absolute Gasteiger partial charge is 0.239 e. The monoisotopic (exact) mass is 406 g/mol. The fourth-order valence-corrected chi connectivity index (χ4v) is 5.59. The maximum absolute atomic E-state index is 13.5. The van der Waals surface area contributed by atoms with Gasteiger partial charge in [-0.05, 0) is 69.1 Å². The van der Waals surface area contributed by atoms with E-state index in [0.29, 0.717) is 17.8 Å². The molecule has 6 heteroatoms. The van der Waals surface area contributed by atoms with Crippen molar-refractivity contribution in [3.05, 3.63) is 65.0 Å². The van der Waals surface area contributed by atoms with Gasteiger partial charge in [0.15, 0.2) is 5.78 Å². The molecule has 30 heavy (non-hydrogen) atoms. The normalized spacial score (nSPS) is 28.2. The van der Waals surface area contributed by atoms with Gasteiger partial charge in [-0.2, -0.15) is 0 Å². The van der Waals surface area contributed by atoms with E-state index >= 15 is 0 Å². The van der Waals surface area contributed by atoms with Crippen LogP contribution in [0.3, 0.4) is 0 Å². The number of amides is 2. The first-order valence-corrected chi connectivity index (χ1v) is 10.4. The molecule has 154 valence electrons. The summed E-state index contributed by atoms with van der Waals surface area (Å²) in [5, 5.41) is 0. The first kappa shape index (κ1) is 19.1. The van der Waals surface area contributed by atoms with Gasteiger partial charge in [-0.15, -0.1) is 0 Å². The maximum atomic E-state index is 13.5. The molecule has 2 amide bonds. The van der Waals surface area contributed by atoms with Crippen LogP contribution in [0.2, 0.25) is 0 Å². The zero-order chi connectivity index (χ0) is 21.2. The van der Waals surface area contributed by atoms with Gasteiger partial charge < -0.3 is 0 Å². The predicted octanol–water partition coefficient (Wildman–Crippen LogP) is 3.28. The van der Waals surface area contributed by atoms with Crippen LogP contribution in [0.1, 0.15) is 34.3 Å². The molecule has 0 N–H and O–H groups in total. The van der Waals surface area contributed by atoms with Crippen molar-refractivity contribution in [1.29, 1.82) is 0 Å². The third kappa shape index (κ3) is 2.67. The molecule has 0 aliphatic carbocycles. The van der Waals surface area contributed by atoms with Crippen LogP contribution in [0, 0.1) is 31.5 Å². The zero-order valence-electron chi connectivity index (χ0n) is 17.0.